The minimum atomic E-state index is -4.16. The van der Waals surface area contributed by atoms with Gasteiger partial charge in [-0.1, -0.05) is 0 Å². The highest BCUT2D eigenvalue weighted by Gasteiger charge is 2.39. The molecule has 1 aliphatic heterocycles. The summed E-state index contributed by atoms with van der Waals surface area (Å²) in [6.45, 7) is 2.81. The molecule has 2 heterocycles. The van der Waals surface area contributed by atoms with Crippen molar-refractivity contribution in [3.8, 4) is 0 Å². The van der Waals surface area contributed by atoms with Crippen molar-refractivity contribution in [2.75, 3.05) is 48.5 Å². The Morgan fingerprint density at radius 1 is 1.34 bits per heavy atom. The molecule has 1 aromatic carbocycles. The van der Waals surface area contributed by atoms with Gasteiger partial charge in [0.2, 0.25) is 5.13 Å². The van der Waals surface area contributed by atoms with Crippen molar-refractivity contribution in [1.82, 2.24) is 14.3 Å². The van der Waals surface area contributed by atoms with Crippen LogP contribution in [0.1, 0.15) is 12.8 Å². The number of β-amino-alcohol motifs (C(OH)–C–C–N with tert-alkyl or cyclic N) is 1. The second kappa shape index (κ2) is 8.75. The van der Waals surface area contributed by atoms with Crippen molar-refractivity contribution in [2.45, 2.75) is 23.3 Å². The Morgan fingerprint density at radius 3 is 2.76 bits per heavy atom. The van der Waals surface area contributed by atoms with E-state index in [0.717, 1.165) is 43.1 Å². The van der Waals surface area contributed by atoms with Crippen LogP contribution in [-0.4, -0.2) is 66.1 Å². The van der Waals surface area contributed by atoms with Gasteiger partial charge in [0.15, 0.2) is 0 Å². The summed E-state index contributed by atoms with van der Waals surface area (Å²) in [6.07, 6.45) is 2.88. The molecule has 0 atom stereocenters. The molecule has 0 bridgehead atoms. The van der Waals surface area contributed by atoms with Gasteiger partial charge in [0.05, 0.1) is 11.4 Å². The molecule has 1 aliphatic rings. The summed E-state index contributed by atoms with van der Waals surface area (Å²) in [6, 6.07) is 2.15. The van der Waals surface area contributed by atoms with Gasteiger partial charge in [-0.25, -0.2) is 17.8 Å². The quantitative estimate of drug-likeness (QED) is 0.255. The minimum Gasteiger partial charge on any atom is -0.397 e. The van der Waals surface area contributed by atoms with Crippen LogP contribution in [0.2, 0.25) is 0 Å². The first-order valence-corrected chi connectivity index (χ1v) is 11.3. The summed E-state index contributed by atoms with van der Waals surface area (Å²) in [5.41, 5.74) is 11.1. The number of sulfonamides is 1. The number of anilines is 3. The molecule has 13 heteroatoms. The number of hydrogen-bond acceptors (Lipinski definition) is 10. The molecule has 1 fully saturated rings. The molecule has 1 saturated heterocycles. The maximum atomic E-state index is 14.4. The molecule has 160 valence electrons. The van der Waals surface area contributed by atoms with E-state index in [9.17, 15) is 17.9 Å². The highest BCUT2D eigenvalue weighted by molar-refractivity contribution is 7.93. The van der Waals surface area contributed by atoms with Crippen LogP contribution in [0.15, 0.2) is 23.4 Å². The van der Waals surface area contributed by atoms with E-state index < -0.39 is 26.3 Å². The van der Waals surface area contributed by atoms with Crippen molar-refractivity contribution in [2.24, 2.45) is 5.73 Å². The standard InChI is InChI=1S/C16H24FN7O3S2/c17-11-5-13(20-3-1-2-4-24-8-16(25,7-18)9-24)12(19)6-14(11)29(26,27)23-15-21-10-22-28-15/h5-6,10,20,25H,1-4,7-9,18-19H2,(H,21,22,23). The predicted octanol–water partition coefficient (Wildman–Crippen LogP) is 0.258. The molecule has 29 heavy (non-hydrogen) atoms. The molecule has 10 nitrogen and oxygen atoms in total. The lowest BCUT2D eigenvalue weighted by Gasteiger charge is -2.46. The maximum absolute atomic E-state index is 14.4. The Bertz CT molecular complexity index is 934. The lowest BCUT2D eigenvalue weighted by molar-refractivity contribution is -0.0900. The number of nitrogens with one attached hydrogen (secondary N) is 2. The van der Waals surface area contributed by atoms with Crippen LogP contribution in [-0.2, 0) is 10.0 Å². The largest absolute Gasteiger partial charge is 0.397 e. The Balaban J connectivity index is 1.50. The number of nitrogen functional groups attached to an aromatic ring is 1. The van der Waals surface area contributed by atoms with Crippen molar-refractivity contribution < 1.29 is 17.9 Å². The van der Waals surface area contributed by atoms with E-state index in [1.165, 1.54) is 6.33 Å². The van der Waals surface area contributed by atoms with Gasteiger partial charge < -0.3 is 21.9 Å². The monoisotopic (exact) mass is 445 g/mol. The van der Waals surface area contributed by atoms with Gasteiger partial charge in [-0.2, -0.15) is 4.37 Å². The van der Waals surface area contributed by atoms with Crippen molar-refractivity contribution >= 4 is 38.1 Å². The SMILES string of the molecule is NCC1(O)CN(CCCCNc2cc(F)c(S(=O)(=O)Nc3ncns3)cc2N)C1. The van der Waals surface area contributed by atoms with Crippen molar-refractivity contribution in [3.05, 3.63) is 24.3 Å². The smallest absolute Gasteiger partial charge is 0.266 e. The first-order chi connectivity index (χ1) is 13.7. The number of hydrogen-bond donors (Lipinski definition) is 5. The third-order valence-corrected chi connectivity index (χ3v) is 6.67. The topological polar surface area (TPSA) is 159 Å². The van der Waals surface area contributed by atoms with E-state index in [4.69, 9.17) is 11.5 Å². The van der Waals surface area contributed by atoms with E-state index in [1.54, 1.807) is 0 Å². The number of rotatable bonds is 10. The summed E-state index contributed by atoms with van der Waals surface area (Å²) >= 11 is 0.841. The first-order valence-electron chi connectivity index (χ1n) is 9.00. The Hall–Kier alpha value is -2.06. The fourth-order valence-corrected chi connectivity index (χ4v) is 4.83. The second-order valence-corrected chi connectivity index (χ2v) is 9.43. The number of unbranched alkanes of at least 4 members (excludes halogenated alkanes) is 1. The Morgan fingerprint density at radius 2 is 2.10 bits per heavy atom. The number of aliphatic hydroxyl groups is 1. The molecule has 0 radical (unpaired) electrons. The summed E-state index contributed by atoms with van der Waals surface area (Å²) < 4.78 is 44.9. The van der Waals surface area contributed by atoms with E-state index in [0.29, 0.717) is 25.3 Å². The summed E-state index contributed by atoms with van der Waals surface area (Å²) in [5, 5.41) is 12.9. The molecule has 0 spiro atoms. The van der Waals surface area contributed by atoms with Crippen LogP contribution in [0.4, 0.5) is 20.9 Å². The molecule has 0 unspecified atom stereocenters. The molecule has 2 aromatic rings. The van der Waals surface area contributed by atoms with Crippen molar-refractivity contribution in [3.63, 3.8) is 0 Å². The number of likely N-dealkylation sites (tertiary alicyclic amines) is 1. The lowest BCUT2D eigenvalue weighted by Crippen LogP contribution is -2.65. The second-order valence-electron chi connectivity index (χ2n) is 6.99. The van der Waals surface area contributed by atoms with E-state index in [2.05, 4.69) is 24.3 Å². The molecule has 1 aromatic heterocycles. The minimum absolute atomic E-state index is 0.0391. The van der Waals surface area contributed by atoms with Crippen LogP contribution in [0.25, 0.3) is 0 Å². The lowest BCUT2D eigenvalue weighted by atomic mass is 9.94. The van der Waals surface area contributed by atoms with E-state index >= 15 is 0 Å². The number of aromatic nitrogens is 2. The third kappa shape index (κ3) is 5.30. The molecule has 0 saturated carbocycles. The fourth-order valence-electron chi connectivity index (χ4n) is 3.07. The number of halogens is 1. The van der Waals surface area contributed by atoms with E-state index in [1.807, 2.05) is 0 Å². The van der Waals surface area contributed by atoms with Crippen LogP contribution in [0.5, 0.6) is 0 Å². The average Bonchev–Trinajstić information content (AvgIpc) is 3.14. The summed E-state index contributed by atoms with van der Waals surface area (Å²) in [7, 11) is -4.16. The highest BCUT2D eigenvalue weighted by Crippen LogP contribution is 2.27. The third-order valence-electron chi connectivity index (χ3n) is 4.61. The molecule has 0 amide bonds. The van der Waals surface area contributed by atoms with Gasteiger partial charge in [-0.3, -0.25) is 9.62 Å². The Labute approximate surface area is 172 Å². The number of nitrogens with two attached hydrogens (primary N) is 2. The van der Waals surface area contributed by atoms with Gasteiger partial charge in [0.25, 0.3) is 10.0 Å². The maximum Gasteiger partial charge on any atom is 0.266 e. The Kier molecular flexibility index (Phi) is 6.53. The van der Waals surface area contributed by atoms with Gasteiger partial charge >= 0.3 is 0 Å². The number of benzene rings is 1. The van der Waals surface area contributed by atoms with Crippen LogP contribution < -0.4 is 21.5 Å². The first kappa shape index (κ1) is 21.6. The summed E-state index contributed by atoms with van der Waals surface area (Å²) in [5.74, 6) is -0.916. The molecule has 7 N–H and O–H groups in total. The van der Waals surface area contributed by atoms with E-state index in [-0.39, 0.29) is 17.4 Å². The van der Waals surface area contributed by atoms with Crippen LogP contribution >= 0.6 is 11.5 Å². The predicted molar refractivity (Wildman–Crippen MR) is 110 cm³/mol. The highest BCUT2D eigenvalue weighted by atomic mass is 32.2. The van der Waals surface area contributed by atoms with Gasteiger partial charge in [0, 0.05) is 43.8 Å². The zero-order valence-corrected chi connectivity index (χ0v) is 17.3. The van der Waals surface area contributed by atoms with Gasteiger partial charge in [-0.05, 0) is 25.5 Å². The number of nitrogens with zero attached hydrogens (tertiary/aromatic N) is 3. The van der Waals surface area contributed by atoms with Crippen molar-refractivity contribution in [1.29, 1.82) is 0 Å². The zero-order chi connectivity index (χ0) is 21.1. The van der Waals surface area contributed by atoms with Crippen LogP contribution in [0.3, 0.4) is 0 Å². The average molecular weight is 446 g/mol. The zero-order valence-electron chi connectivity index (χ0n) is 15.6. The van der Waals surface area contributed by atoms with Gasteiger partial charge in [0.1, 0.15) is 22.6 Å². The normalized spacial score (nSPS) is 16.4. The molecular weight excluding hydrogens is 421 g/mol. The van der Waals surface area contributed by atoms with Gasteiger partial charge in [-0.15, -0.1) is 0 Å². The van der Waals surface area contributed by atoms with Crippen LogP contribution in [0, 0.1) is 5.82 Å². The molecular formula is C16H24FN7O3S2. The summed E-state index contributed by atoms with van der Waals surface area (Å²) in [4.78, 5) is 5.28. The molecule has 3 rings (SSSR count). The fraction of sp³-hybridized carbons (Fsp3) is 0.500. The molecule has 0 aliphatic carbocycles.